The highest BCUT2D eigenvalue weighted by Gasteiger charge is 2.27. The monoisotopic (exact) mass is 518 g/mol. The molecule has 2 aromatic carbocycles. The van der Waals surface area contributed by atoms with E-state index >= 15 is 0 Å². The quantitative estimate of drug-likeness (QED) is 0.248. The van der Waals surface area contributed by atoms with Gasteiger partial charge in [0, 0.05) is 18.9 Å². The van der Waals surface area contributed by atoms with Crippen molar-refractivity contribution in [2.24, 2.45) is 0 Å². The van der Waals surface area contributed by atoms with Crippen LogP contribution in [0.4, 0.5) is 0 Å². The van der Waals surface area contributed by atoms with Crippen LogP contribution in [0.3, 0.4) is 0 Å². The molecule has 0 aliphatic heterocycles. The van der Waals surface area contributed by atoms with Gasteiger partial charge in [0.1, 0.15) is 0 Å². The van der Waals surface area contributed by atoms with Crippen LogP contribution >= 0.6 is 18.9 Å². The maximum atomic E-state index is 12.4. The van der Waals surface area contributed by atoms with E-state index in [2.05, 4.69) is 0 Å². The average Bonchev–Trinajstić information content (AvgIpc) is 2.81. The van der Waals surface area contributed by atoms with Crippen molar-refractivity contribution in [2.75, 3.05) is 0 Å². The largest absolute Gasteiger partial charge is 0.272 e. The molecular formula is C22H32O6P2S2. The zero-order valence-corrected chi connectivity index (χ0v) is 21.9. The van der Waals surface area contributed by atoms with Gasteiger partial charge in [-0.3, -0.25) is 7.94 Å². The first-order chi connectivity index (χ1) is 15.3. The zero-order valence-electron chi connectivity index (χ0n) is 18.0. The molecule has 4 atom stereocenters. The molecule has 178 valence electrons. The molecular weight excluding hydrogens is 486 g/mol. The van der Waals surface area contributed by atoms with E-state index in [1.807, 2.05) is 79.6 Å². The summed E-state index contributed by atoms with van der Waals surface area (Å²) in [6.45, 7) is 0. The van der Waals surface area contributed by atoms with E-state index in [4.69, 9.17) is 7.94 Å². The van der Waals surface area contributed by atoms with Crippen LogP contribution in [0.15, 0.2) is 60.7 Å². The van der Waals surface area contributed by atoms with E-state index < -0.39 is 30.7 Å². The SMILES string of the molecule is O=S(=O)(OP)C(CCCCC(CCc1ccccc1)S(=O)(=O)OP)CCc1ccccc1. The fourth-order valence-electron chi connectivity index (χ4n) is 3.71. The van der Waals surface area contributed by atoms with Gasteiger partial charge in [0.05, 0.1) is 10.5 Å². The molecule has 0 amide bonds. The highest BCUT2D eigenvalue weighted by molar-refractivity contribution is 7.89. The lowest BCUT2D eigenvalue weighted by Gasteiger charge is -2.18. The summed E-state index contributed by atoms with van der Waals surface area (Å²) in [6.07, 6.45) is 4.16. The topological polar surface area (TPSA) is 86.7 Å². The smallest absolute Gasteiger partial charge is 0.254 e. The second-order valence-corrected chi connectivity index (χ2v) is 12.6. The standard InChI is InChI=1S/C22H32O6P2S2/c23-31(24,27-29)21(17-15-19-9-3-1-4-10-19)13-7-8-14-22(32(25,26)28-30)18-16-20-11-5-2-6-12-20/h1-6,9-12,21-22H,7-8,13-18,29-30H2. The molecule has 4 unspecified atom stereocenters. The predicted octanol–water partition coefficient (Wildman–Crippen LogP) is 4.82. The third-order valence-electron chi connectivity index (χ3n) is 5.58. The molecule has 10 heteroatoms. The van der Waals surface area contributed by atoms with Gasteiger partial charge < -0.3 is 0 Å². The Morgan fingerprint density at radius 1 is 0.594 bits per heavy atom. The fraction of sp³-hybridized carbons (Fsp3) is 0.455. The van der Waals surface area contributed by atoms with Crippen molar-refractivity contribution in [2.45, 2.75) is 61.9 Å². The van der Waals surface area contributed by atoms with Crippen LogP contribution in [-0.4, -0.2) is 27.3 Å². The molecule has 0 N–H and O–H groups in total. The van der Waals surface area contributed by atoms with E-state index in [1.54, 1.807) is 0 Å². The van der Waals surface area contributed by atoms with Gasteiger partial charge in [0.25, 0.3) is 20.2 Å². The number of rotatable bonds is 15. The first kappa shape index (κ1) is 27.4. The Hall–Kier alpha value is -0.880. The number of benzene rings is 2. The predicted molar refractivity (Wildman–Crippen MR) is 135 cm³/mol. The summed E-state index contributed by atoms with van der Waals surface area (Å²) >= 11 is 0. The highest BCUT2D eigenvalue weighted by Crippen LogP contribution is 2.24. The summed E-state index contributed by atoms with van der Waals surface area (Å²) < 4.78 is 58.8. The minimum Gasteiger partial charge on any atom is -0.254 e. The van der Waals surface area contributed by atoms with Gasteiger partial charge in [-0.15, -0.1) is 0 Å². The van der Waals surface area contributed by atoms with E-state index in [1.165, 1.54) is 0 Å². The summed E-state index contributed by atoms with van der Waals surface area (Å²) in [5.74, 6) is 0. The molecule has 0 bridgehead atoms. The lowest BCUT2D eigenvalue weighted by atomic mass is 10.0. The summed E-state index contributed by atoms with van der Waals surface area (Å²) in [5.41, 5.74) is 2.14. The van der Waals surface area contributed by atoms with Crippen molar-refractivity contribution in [1.82, 2.24) is 0 Å². The van der Waals surface area contributed by atoms with Crippen LogP contribution < -0.4 is 0 Å². The number of hydrogen-bond donors (Lipinski definition) is 0. The number of aryl methyl sites for hydroxylation is 2. The van der Waals surface area contributed by atoms with Gasteiger partial charge in [-0.25, -0.2) is 0 Å². The minimum absolute atomic E-state index is 0.413. The Balaban J connectivity index is 1.91. The molecule has 0 saturated carbocycles. The van der Waals surface area contributed by atoms with Crippen molar-refractivity contribution >= 4 is 39.2 Å². The summed E-state index contributed by atoms with van der Waals surface area (Å²) in [6, 6.07) is 19.4. The molecule has 0 heterocycles. The van der Waals surface area contributed by atoms with Gasteiger partial charge in [0.2, 0.25) is 0 Å². The minimum atomic E-state index is -3.69. The van der Waals surface area contributed by atoms with Gasteiger partial charge in [-0.2, -0.15) is 16.8 Å². The Labute approximate surface area is 197 Å². The highest BCUT2D eigenvalue weighted by atomic mass is 32.2. The molecule has 0 saturated heterocycles. The van der Waals surface area contributed by atoms with Crippen LogP contribution in [-0.2, 0) is 41.0 Å². The lowest BCUT2D eigenvalue weighted by molar-refractivity contribution is 0.464. The van der Waals surface area contributed by atoms with E-state index in [0.29, 0.717) is 51.4 Å². The first-order valence-electron chi connectivity index (χ1n) is 10.6. The maximum absolute atomic E-state index is 12.4. The average molecular weight is 519 g/mol. The van der Waals surface area contributed by atoms with Crippen molar-refractivity contribution < 1.29 is 24.8 Å². The fourth-order valence-corrected chi connectivity index (χ4v) is 6.69. The molecule has 0 aromatic heterocycles. The Bertz CT molecular complexity index is 916. The summed E-state index contributed by atoms with van der Waals surface area (Å²) in [7, 11) is -3.74. The van der Waals surface area contributed by atoms with Gasteiger partial charge in [0.15, 0.2) is 0 Å². The molecule has 0 fully saturated rings. The van der Waals surface area contributed by atoms with Crippen LogP contribution in [0, 0.1) is 0 Å². The van der Waals surface area contributed by atoms with Crippen molar-refractivity contribution in [3.05, 3.63) is 71.8 Å². The molecule has 2 rings (SSSR count). The van der Waals surface area contributed by atoms with Crippen molar-refractivity contribution in [3.8, 4) is 0 Å². The molecule has 0 aliphatic carbocycles. The normalized spacial score (nSPS) is 14.2. The molecule has 0 radical (unpaired) electrons. The zero-order chi connectivity index (χ0) is 23.5. The van der Waals surface area contributed by atoms with Crippen molar-refractivity contribution in [3.63, 3.8) is 0 Å². The summed E-state index contributed by atoms with van der Waals surface area (Å²) in [4.78, 5) is 0. The Morgan fingerprint density at radius 3 is 1.25 bits per heavy atom. The second-order valence-electron chi connectivity index (χ2n) is 7.76. The molecule has 6 nitrogen and oxygen atoms in total. The van der Waals surface area contributed by atoms with E-state index in [9.17, 15) is 16.8 Å². The van der Waals surface area contributed by atoms with Crippen LogP contribution in [0.2, 0.25) is 0 Å². The molecule has 32 heavy (non-hydrogen) atoms. The van der Waals surface area contributed by atoms with Gasteiger partial charge >= 0.3 is 0 Å². The van der Waals surface area contributed by atoms with Gasteiger partial charge in [-0.1, -0.05) is 73.5 Å². The maximum Gasteiger partial charge on any atom is 0.272 e. The van der Waals surface area contributed by atoms with E-state index in [-0.39, 0.29) is 0 Å². The number of hydrogen-bond acceptors (Lipinski definition) is 6. The van der Waals surface area contributed by atoms with Crippen LogP contribution in [0.5, 0.6) is 0 Å². The number of unbranched alkanes of at least 4 members (excludes halogenated alkanes) is 1. The first-order valence-corrected chi connectivity index (χ1v) is 14.5. The molecule has 0 aliphatic rings. The third-order valence-corrected chi connectivity index (χ3v) is 10.3. The third kappa shape index (κ3) is 9.17. The summed E-state index contributed by atoms with van der Waals surface area (Å²) in [5, 5.41) is -1.28. The van der Waals surface area contributed by atoms with E-state index in [0.717, 1.165) is 11.1 Å². The van der Waals surface area contributed by atoms with Crippen LogP contribution in [0.25, 0.3) is 0 Å². The van der Waals surface area contributed by atoms with Gasteiger partial charge in [-0.05, 0) is 49.7 Å². The molecule has 2 aromatic rings. The van der Waals surface area contributed by atoms with Crippen LogP contribution in [0.1, 0.15) is 49.7 Å². The van der Waals surface area contributed by atoms with Crippen molar-refractivity contribution in [1.29, 1.82) is 0 Å². The Morgan fingerprint density at radius 2 is 0.938 bits per heavy atom. The lowest BCUT2D eigenvalue weighted by Crippen LogP contribution is -2.23. The Kier molecular flexibility index (Phi) is 11.7. The second kappa shape index (κ2) is 13.7. The molecule has 0 spiro atoms.